The highest BCUT2D eigenvalue weighted by molar-refractivity contribution is 5.95. The van der Waals surface area contributed by atoms with Gasteiger partial charge in [0.1, 0.15) is 0 Å². The maximum Gasteiger partial charge on any atom is 0.251 e. The van der Waals surface area contributed by atoms with E-state index in [-0.39, 0.29) is 5.91 Å². The minimum absolute atomic E-state index is 0.0491. The quantitative estimate of drug-likeness (QED) is 0.765. The second-order valence-corrected chi connectivity index (χ2v) is 4.29. The van der Waals surface area contributed by atoms with Crippen molar-refractivity contribution < 1.29 is 4.79 Å². The van der Waals surface area contributed by atoms with Gasteiger partial charge < -0.3 is 11.1 Å². The largest absolute Gasteiger partial charge is 0.398 e. The molecule has 3 heteroatoms. The highest BCUT2D eigenvalue weighted by atomic mass is 16.1. The summed E-state index contributed by atoms with van der Waals surface area (Å²) in [5, 5.41) is 2.90. The van der Waals surface area contributed by atoms with E-state index in [2.05, 4.69) is 19.2 Å². The third-order valence-corrected chi connectivity index (χ3v) is 2.85. The molecule has 1 unspecified atom stereocenters. The van der Waals surface area contributed by atoms with Crippen LogP contribution in [0, 0.1) is 12.8 Å². The van der Waals surface area contributed by atoms with Crippen LogP contribution in [-0.4, -0.2) is 12.5 Å². The zero-order valence-corrected chi connectivity index (χ0v) is 10.2. The fraction of sp³-hybridized carbons (Fsp3) is 0.462. The number of carbonyl (C=O) groups is 1. The fourth-order valence-corrected chi connectivity index (χ4v) is 1.30. The summed E-state index contributed by atoms with van der Waals surface area (Å²) in [5.74, 6) is 0.457. The van der Waals surface area contributed by atoms with Crippen LogP contribution in [0.3, 0.4) is 0 Å². The highest BCUT2D eigenvalue weighted by Gasteiger charge is 2.07. The standard InChI is InChI=1S/C13H20N2O/c1-4-9(2)8-15-13(16)11-6-5-10(3)12(14)7-11/h5-7,9H,4,8,14H2,1-3H3,(H,15,16). The number of hydrogen-bond acceptors (Lipinski definition) is 2. The zero-order valence-electron chi connectivity index (χ0n) is 10.2. The molecule has 1 aromatic carbocycles. The molecule has 0 aliphatic rings. The van der Waals surface area contributed by atoms with E-state index in [0.717, 1.165) is 12.0 Å². The molecule has 1 amide bonds. The molecule has 88 valence electrons. The molecular formula is C13H20N2O. The van der Waals surface area contributed by atoms with Crippen molar-refractivity contribution in [2.75, 3.05) is 12.3 Å². The van der Waals surface area contributed by atoms with Crippen molar-refractivity contribution in [3.05, 3.63) is 29.3 Å². The minimum atomic E-state index is -0.0491. The molecule has 1 aromatic rings. The third kappa shape index (κ3) is 3.26. The first-order valence-electron chi connectivity index (χ1n) is 5.69. The Labute approximate surface area is 97.0 Å². The molecule has 0 aliphatic carbocycles. The highest BCUT2D eigenvalue weighted by Crippen LogP contribution is 2.12. The van der Waals surface area contributed by atoms with Crippen LogP contribution in [0.4, 0.5) is 5.69 Å². The van der Waals surface area contributed by atoms with Gasteiger partial charge in [0.2, 0.25) is 0 Å². The Bertz CT molecular complexity index is 374. The average Bonchev–Trinajstić information content (AvgIpc) is 2.29. The van der Waals surface area contributed by atoms with Gasteiger partial charge in [0.25, 0.3) is 5.91 Å². The molecular weight excluding hydrogens is 200 g/mol. The number of aryl methyl sites for hydroxylation is 1. The van der Waals surface area contributed by atoms with E-state index in [0.29, 0.717) is 23.7 Å². The van der Waals surface area contributed by atoms with Crippen molar-refractivity contribution in [1.82, 2.24) is 5.32 Å². The Morgan fingerprint density at radius 1 is 1.50 bits per heavy atom. The number of carbonyl (C=O) groups excluding carboxylic acids is 1. The van der Waals surface area contributed by atoms with Crippen molar-refractivity contribution in [3.63, 3.8) is 0 Å². The smallest absolute Gasteiger partial charge is 0.251 e. The van der Waals surface area contributed by atoms with Crippen LogP contribution in [0.2, 0.25) is 0 Å². The second-order valence-electron chi connectivity index (χ2n) is 4.29. The maximum atomic E-state index is 11.8. The Morgan fingerprint density at radius 2 is 2.19 bits per heavy atom. The molecule has 3 nitrogen and oxygen atoms in total. The first-order valence-corrected chi connectivity index (χ1v) is 5.69. The Kier molecular flexibility index (Phi) is 4.35. The number of nitrogen functional groups attached to an aromatic ring is 1. The summed E-state index contributed by atoms with van der Waals surface area (Å²) in [7, 11) is 0. The lowest BCUT2D eigenvalue weighted by Gasteiger charge is -2.10. The molecule has 0 radical (unpaired) electrons. The van der Waals surface area contributed by atoms with E-state index in [9.17, 15) is 4.79 Å². The number of benzene rings is 1. The number of nitrogens with two attached hydrogens (primary N) is 1. The van der Waals surface area contributed by atoms with Crippen LogP contribution < -0.4 is 11.1 Å². The van der Waals surface area contributed by atoms with E-state index in [1.807, 2.05) is 13.0 Å². The molecule has 0 heterocycles. The molecule has 0 spiro atoms. The monoisotopic (exact) mass is 220 g/mol. The Morgan fingerprint density at radius 3 is 2.75 bits per heavy atom. The Balaban J connectivity index is 2.63. The van der Waals surface area contributed by atoms with Crippen molar-refractivity contribution in [1.29, 1.82) is 0 Å². The van der Waals surface area contributed by atoms with Crippen LogP contribution in [0.25, 0.3) is 0 Å². The topological polar surface area (TPSA) is 55.1 Å². The predicted molar refractivity (Wildman–Crippen MR) is 67.4 cm³/mol. The third-order valence-electron chi connectivity index (χ3n) is 2.85. The number of rotatable bonds is 4. The summed E-state index contributed by atoms with van der Waals surface area (Å²) in [6.45, 7) is 6.86. The van der Waals surface area contributed by atoms with Gasteiger partial charge in [-0.3, -0.25) is 4.79 Å². The van der Waals surface area contributed by atoms with Crippen LogP contribution in [0.15, 0.2) is 18.2 Å². The van der Waals surface area contributed by atoms with Gasteiger partial charge in [0.15, 0.2) is 0 Å². The molecule has 3 N–H and O–H groups in total. The van der Waals surface area contributed by atoms with Crippen LogP contribution >= 0.6 is 0 Å². The van der Waals surface area contributed by atoms with E-state index in [4.69, 9.17) is 5.73 Å². The molecule has 0 saturated heterocycles. The van der Waals surface area contributed by atoms with Gasteiger partial charge in [0, 0.05) is 17.8 Å². The van der Waals surface area contributed by atoms with Crippen molar-refractivity contribution in [2.24, 2.45) is 5.92 Å². The molecule has 0 aliphatic heterocycles. The SMILES string of the molecule is CCC(C)CNC(=O)c1ccc(C)c(N)c1. The Hall–Kier alpha value is -1.51. The van der Waals surface area contributed by atoms with Crippen LogP contribution in [-0.2, 0) is 0 Å². The lowest BCUT2D eigenvalue weighted by molar-refractivity contribution is 0.0948. The average molecular weight is 220 g/mol. The summed E-state index contributed by atoms with van der Waals surface area (Å²) in [6, 6.07) is 5.40. The fourth-order valence-electron chi connectivity index (χ4n) is 1.30. The van der Waals surface area contributed by atoms with Crippen molar-refractivity contribution in [3.8, 4) is 0 Å². The van der Waals surface area contributed by atoms with Gasteiger partial charge >= 0.3 is 0 Å². The molecule has 0 saturated carbocycles. The molecule has 0 aromatic heterocycles. The zero-order chi connectivity index (χ0) is 12.1. The predicted octanol–water partition coefficient (Wildman–Crippen LogP) is 2.35. The first-order chi connectivity index (χ1) is 7.54. The van der Waals surface area contributed by atoms with Gasteiger partial charge in [-0.1, -0.05) is 26.3 Å². The first kappa shape index (κ1) is 12.6. The van der Waals surface area contributed by atoms with E-state index < -0.39 is 0 Å². The lowest BCUT2D eigenvalue weighted by Crippen LogP contribution is -2.28. The van der Waals surface area contributed by atoms with Gasteiger partial charge in [-0.05, 0) is 30.5 Å². The number of hydrogen-bond donors (Lipinski definition) is 2. The molecule has 1 atom stereocenters. The van der Waals surface area contributed by atoms with Gasteiger partial charge in [-0.2, -0.15) is 0 Å². The maximum absolute atomic E-state index is 11.8. The summed E-state index contributed by atoms with van der Waals surface area (Å²) in [6.07, 6.45) is 1.07. The van der Waals surface area contributed by atoms with E-state index in [1.54, 1.807) is 12.1 Å². The van der Waals surface area contributed by atoms with Crippen LogP contribution in [0.1, 0.15) is 36.2 Å². The van der Waals surface area contributed by atoms with Gasteiger partial charge in [-0.25, -0.2) is 0 Å². The lowest BCUT2D eigenvalue weighted by atomic mass is 10.1. The van der Waals surface area contributed by atoms with E-state index >= 15 is 0 Å². The van der Waals surface area contributed by atoms with Crippen LogP contribution in [0.5, 0.6) is 0 Å². The normalized spacial score (nSPS) is 12.2. The van der Waals surface area contributed by atoms with Gasteiger partial charge in [0.05, 0.1) is 0 Å². The van der Waals surface area contributed by atoms with E-state index in [1.165, 1.54) is 0 Å². The minimum Gasteiger partial charge on any atom is -0.398 e. The summed E-state index contributed by atoms with van der Waals surface area (Å²) >= 11 is 0. The molecule has 16 heavy (non-hydrogen) atoms. The summed E-state index contributed by atoms with van der Waals surface area (Å²) < 4.78 is 0. The number of nitrogens with one attached hydrogen (secondary N) is 1. The second kappa shape index (κ2) is 5.54. The van der Waals surface area contributed by atoms with Crippen molar-refractivity contribution >= 4 is 11.6 Å². The van der Waals surface area contributed by atoms with Gasteiger partial charge in [-0.15, -0.1) is 0 Å². The summed E-state index contributed by atoms with van der Waals surface area (Å²) in [5.41, 5.74) is 8.05. The number of amides is 1. The molecule has 1 rings (SSSR count). The van der Waals surface area contributed by atoms with Crippen molar-refractivity contribution in [2.45, 2.75) is 27.2 Å². The molecule has 0 fully saturated rings. The summed E-state index contributed by atoms with van der Waals surface area (Å²) in [4.78, 5) is 11.8. The number of anilines is 1. The molecule has 0 bridgehead atoms.